The van der Waals surface area contributed by atoms with E-state index in [0.717, 1.165) is 5.56 Å². The van der Waals surface area contributed by atoms with E-state index in [4.69, 9.17) is 5.73 Å². The summed E-state index contributed by atoms with van der Waals surface area (Å²) in [6.07, 6.45) is 5.06. The fourth-order valence-corrected chi connectivity index (χ4v) is 3.66. The van der Waals surface area contributed by atoms with E-state index in [2.05, 4.69) is 31.4 Å². The molecule has 1 saturated carbocycles. The normalized spacial score (nSPS) is 23.6. The third-order valence-corrected chi connectivity index (χ3v) is 4.88. The number of anilines is 1. The van der Waals surface area contributed by atoms with E-state index >= 15 is 0 Å². The van der Waals surface area contributed by atoms with Gasteiger partial charge in [0.05, 0.1) is 5.56 Å². The molecule has 0 radical (unpaired) electrons. The lowest BCUT2D eigenvalue weighted by molar-refractivity contribution is 0.184. The molecule has 1 heterocycles. The molecule has 0 saturated heterocycles. The zero-order valence-electron chi connectivity index (χ0n) is 12.5. The fraction of sp³-hybridized carbons (Fsp3) is 0.688. The molecule has 0 aliphatic heterocycles. The first-order valence-corrected chi connectivity index (χ1v) is 7.36. The molecule has 1 fully saturated rings. The molecule has 2 N–H and O–H groups in total. The minimum absolute atomic E-state index is 0.467. The molecule has 1 aliphatic rings. The van der Waals surface area contributed by atoms with Crippen molar-refractivity contribution in [3.63, 3.8) is 0 Å². The summed E-state index contributed by atoms with van der Waals surface area (Å²) in [4.78, 5) is 0. The van der Waals surface area contributed by atoms with Gasteiger partial charge in [-0.25, -0.2) is 0 Å². The summed E-state index contributed by atoms with van der Waals surface area (Å²) in [5.41, 5.74) is 9.14. The van der Waals surface area contributed by atoms with E-state index in [0.29, 0.717) is 29.3 Å². The van der Waals surface area contributed by atoms with E-state index in [1.807, 2.05) is 6.92 Å². The Hall–Kier alpha value is -1.43. The number of rotatable bonds is 2. The Morgan fingerprint density at radius 1 is 1.26 bits per heavy atom. The number of aromatic nitrogens is 1. The first-order valence-electron chi connectivity index (χ1n) is 7.36. The van der Waals surface area contributed by atoms with Crippen LogP contribution in [0.25, 0.3) is 0 Å². The molecule has 104 valence electrons. The van der Waals surface area contributed by atoms with Crippen LogP contribution in [0.2, 0.25) is 0 Å². The molecule has 1 aromatic rings. The molecule has 1 aromatic heterocycles. The highest BCUT2D eigenvalue weighted by Gasteiger charge is 2.32. The zero-order valence-corrected chi connectivity index (χ0v) is 12.5. The summed E-state index contributed by atoms with van der Waals surface area (Å²) in [6.45, 7) is 8.71. The molecule has 3 nitrogen and oxygen atoms in total. The number of nitrogen functional groups attached to an aromatic ring is 1. The molecule has 2 unspecified atom stereocenters. The minimum atomic E-state index is 0.467. The van der Waals surface area contributed by atoms with Gasteiger partial charge in [-0.1, -0.05) is 26.7 Å². The molecule has 2 atom stereocenters. The van der Waals surface area contributed by atoms with Crippen molar-refractivity contribution in [3.05, 3.63) is 16.8 Å². The first-order chi connectivity index (χ1) is 8.99. The van der Waals surface area contributed by atoms with Crippen molar-refractivity contribution in [1.82, 2.24) is 4.57 Å². The van der Waals surface area contributed by atoms with Crippen LogP contribution >= 0.6 is 0 Å². The number of hydrogen-bond acceptors (Lipinski definition) is 2. The van der Waals surface area contributed by atoms with Crippen molar-refractivity contribution < 1.29 is 0 Å². The summed E-state index contributed by atoms with van der Waals surface area (Å²) in [6, 6.07) is 2.73. The second-order valence-corrected chi connectivity index (χ2v) is 6.21. The number of nitrogens with zero attached hydrogens (tertiary/aromatic N) is 2. The number of hydrogen-bond donors (Lipinski definition) is 1. The van der Waals surface area contributed by atoms with Crippen molar-refractivity contribution >= 4 is 5.82 Å². The van der Waals surface area contributed by atoms with Crippen LogP contribution in [0.1, 0.15) is 62.4 Å². The number of nitriles is 1. The smallest absolute Gasteiger partial charge is 0.122 e. The molecule has 0 spiro atoms. The van der Waals surface area contributed by atoms with Gasteiger partial charge in [-0.2, -0.15) is 5.26 Å². The summed E-state index contributed by atoms with van der Waals surface area (Å²) in [5, 5.41) is 9.27. The Bertz CT molecular complexity index is 505. The van der Waals surface area contributed by atoms with Crippen molar-refractivity contribution in [3.8, 4) is 6.07 Å². The van der Waals surface area contributed by atoms with Crippen LogP contribution in [0, 0.1) is 37.0 Å². The van der Waals surface area contributed by atoms with E-state index in [-0.39, 0.29) is 0 Å². The molecular formula is C16H25N3. The van der Waals surface area contributed by atoms with Crippen LogP contribution in [0.4, 0.5) is 5.82 Å². The van der Waals surface area contributed by atoms with Gasteiger partial charge in [0.15, 0.2) is 0 Å². The SMILES string of the molecule is Cc1c(C#N)c(N)n(C2CCCCC2C(C)C)c1C. The standard InChI is InChI=1S/C16H25N3/c1-10(2)13-7-5-6-8-15(13)19-12(4)11(3)14(9-17)16(19)18/h10,13,15H,5-8,18H2,1-4H3. The van der Waals surface area contributed by atoms with Crippen molar-refractivity contribution in [2.24, 2.45) is 11.8 Å². The predicted octanol–water partition coefficient (Wildman–Crippen LogP) is 3.95. The second-order valence-electron chi connectivity index (χ2n) is 6.21. The molecule has 1 aliphatic carbocycles. The van der Waals surface area contributed by atoms with Crippen molar-refractivity contribution in [2.45, 2.75) is 59.4 Å². The Kier molecular flexibility index (Phi) is 3.89. The maximum atomic E-state index is 9.27. The summed E-state index contributed by atoms with van der Waals surface area (Å²) >= 11 is 0. The van der Waals surface area contributed by atoms with Crippen LogP contribution in [0.5, 0.6) is 0 Å². The maximum Gasteiger partial charge on any atom is 0.122 e. The van der Waals surface area contributed by atoms with Crippen LogP contribution in [-0.2, 0) is 0 Å². The summed E-state index contributed by atoms with van der Waals surface area (Å²) < 4.78 is 2.25. The summed E-state index contributed by atoms with van der Waals surface area (Å²) in [5.74, 6) is 2.01. The minimum Gasteiger partial charge on any atom is -0.384 e. The van der Waals surface area contributed by atoms with Crippen LogP contribution in [0.15, 0.2) is 0 Å². The van der Waals surface area contributed by atoms with Crippen molar-refractivity contribution in [2.75, 3.05) is 5.73 Å². The van der Waals surface area contributed by atoms with E-state index in [1.54, 1.807) is 0 Å². The maximum absolute atomic E-state index is 9.27. The highest BCUT2D eigenvalue weighted by molar-refractivity contribution is 5.58. The predicted molar refractivity (Wildman–Crippen MR) is 78.9 cm³/mol. The molecule has 0 aromatic carbocycles. The molecular weight excluding hydrogens is 234 g/mol. The van der Waals surface area contributed by atoms with E-state index < -0.39 is 0 Å². The van der Waals surface area contributed by atoms with Gasteiger partial charge in [-0.05, 0) is 44.1 Å². The van der Waals surface area contributed by atoms with Gasteiger partial charge >= 0.3 is 0 Å². The Labute approximate surface area is 116 Å². The zero-order chi connectivity index (χ0) is 14.2. The van der Waals surface area contributed by atoms with E-state index in [9.17, 15) is 5.26 Å². The lowest BCUT2D eigenvalue weighted by Gasteiger charge is -2.36. The highest BCUT2D eigenvalue weighted by atomic mass is 15.1. The third-order valence-electron chi connectivity index (χ3n) is 4.88. The fourth-order valence-electron chi connectivity index (χ4n) is 3.66. The molecule has 3 heteroatoms. The van der Waals surface area contributed by atoms with Gasteiger partial charge < -0.3 is 10.3 Å². The Morgan fingerprint density at radius 2 is 1.89 bits per heavy atom. The van der Waals surface area contributed by atoms with Crippen LogP contribution in [0.3, 0.4) is 0 Å². The average Bonchev–Trinajstić information content (AvgIpc) is 2.60. The monoisotopic (exact) mass is 259 g/mol. The summed E-state index contributed by atoms with van der Waals surface area (Å²) in [7, 11) is 0. The molecule has 0 amide bonds. The van der Waals surface area contributed by atoms with Gasteiger partial charge in [-0.15, -0.1) is 0 Å². The average molecular weight is 259 g/mol. The lowest BCUT2D eigenvalue weighted by Crippen LogP contribution is -2.28. The van der Waals surface area contributed by atoms with Crippen molar-refractivity contribution in [1.29, 1.82) is 5.26 Å². The van der Waals surface area contributed by atoms with E-state index in [1.165, 1.54) is 31.4 Å². The molecule has 2 rings (SSSR count). The van der Waals surface area contributed by atoms with Gasteiger partial charge in [0.25, 0.3) is 0 Å². The van der Waals surface area contributed by atoms with Gasteiger partial charge in [-0.3, -0.25) is 0 Å². The largest absolute Gasteiger partial charge is 0.384 e. The highest BCUT2D eigenvalue weighted by Crippen LogP contribution is 2.42. The Balaban J connectivity index is 2.48. The lowest BCUT2D eigenvalue weighted by atomic mass is 9.77. The van der Waals surface area contributed by atoms with Crippen LogP contribution < -0.4 is 5.73 Å². The number of nitrogens with two attached hydrogens (primary N) is 1. The Morgan fingerprint density at radius 3 is 2.42 bits per heavy atom. The van der Waals surface area contributed by atoms with Crippen LogP contribution in [-0.4, -0.2) is 4.57 Å². The van der Waals surface area contributed by atoms with Gasteiger partial charge in [0.1, 0.15) is 11.9 Å². The quantitative estimate of drug-likeness (QED) is 0.874. The molecule has 0 bridgehead atoms. The van der Waals surface area contributed by atoms with Gasteiger partial charge in [0, 0.05) is 11.7 Å². The second kappa shape index (κ2) is 5.28. The third kappa shape index (κ3) is 2.25. The first kappa shape index (κ1) is 14.0. The van der Waals surface area contributed by atoms with Gasteiger partial charge in [0.2, 0.25) is 0 Å². The topological polar surface area (TPSA) is 54.7 Å². The molecule has 19 heavy (non-hydrogen) atoms.